The average molecular weight is 247 g/mol. The van der Waals surface area contributed by atoms with E-state index in [1.54, 1.807) is 0 Å². The van der Waals surface area contributed by atoms with Crippen LogP contribution in [-0.4, -0.2) is 28.2 Å². The Hall–Kier alpha value is -0.291. The number of carbonyl (C=O) groups is 2. The molecule has 0 fully saturated rings. The number of hydrogen-bond acceptors (Lipinski definition) is 3. The number of aliphatic carboxylic acids is 2. The van der Waals surface area contributed by atoms with Crippen molar-refractivity contribution in [3.05, 3.63) is 0 Å². The number of halogens is 1. The third kappa shape index (κ3) is 9.71. The maximum absolute atomic E-state index is 9.99. The standard InChI is InChI=1S/C5H9NO4.ClH.Cu/c6-3(5(9)10)1-2-4(7)8;;/h3H,1-2,6H2,(H,7,8)(H,9,10);1H;. The summed E-state index contributed by atoms with van der Waals surface area (Å²) < 4.78 is 0. The molecule has 5 nitrogen and oxygen atoms in total. The van der Waals surface area contributed by atoms with Gasteiger partial charge in [0.25, 0.3) is 0 Å². The first-order valence-corrected chi connectivity index (χ1v) is 2.74. The molecule has 0 bridgehead atoms. The minimum absolute atomic E-state index is 0. The quantitative estimate of drug-likeness (QED) is 0.591. The van der Waals surface area contributed by atoms with Gasteiger partial charge in [0.1, 0.15) is 6.04 Å². The van der Waals surface area contributed by atoms with Crippen LogP contribution in [0, 0.1) is 0 Å². The molecule has 0 amide bonds. The van der Waals surface area contributed by atoms with E-state index >= 15 is 0 Å². The molecule has 0 heterocycles. The van der Waals surface area contributed by atoms with Crippen LogP contribution in [-0.2, 0) is 26.7 Å². The van der Waals surface area contributed by atoms with Gasteiger partial charge < -0.3 is 15.9 Å². The second-order valence-electron chi connectivity index (χ2n) is 1.88. The van der Waals surface area contributed by atoms with E-state index in [2.05, 4.69) is 0 Å². The molecule has 0 aliphatic heterocycles. The number of hydrogen-bond donors (Lipinski definition) is 3. The number of nitrogens with two attached hydrogens (primary N) is 1. The summed E-state index contributed by atoms with van der Waals surface area (Å²) in [4.78, 5) is 19.9. The predicted molar refractivity (Wildman–Crippen MR) is 39.7 cm³/mol. The zero-order valence-corrected chi connectivity index (χ0v) is 7.75. The van der Waals surface area contributed by atoms with Crippen LogP contribution in [0.4, 0.5) is 0 Å². The van der Waals surface area contributed by atoms with Gasteiger partial charge in [-0.3, -0.25) is 9.59 Å². The van der Waals surface area contributed by atoms with E-state index in [9.17, 15) is 9.59 Å². The van der Waals surface area contributed by atoms with Crippen LogP contribution < -0.4 is 5.73 Å². The Bertz CT molecular complexity index is 154. The molecule has 4 N–H and O–H groups in total. The van der Waals surface area contributed by atoms with Crippen LogP contribution in [0.15, 0.2) is 0 Å². The molecule has 0 spiro atoms. The van der Waals surface area contributed by atoms with E-state index in [-0.39, 0.29) is 42.3 Å². The first-order chi connectivity index (χ1) is 4.54. The normalized spacial score (nSPS) is 10.4. The Morgan fingerprint density at radius 3 is 2.00 bits per heavy atom. The van der Waals surface area contributed by atoms with Crippen LogP contribution in [0.5, 0.6) is 0 Å². The molecule has 0 aromatic carbocycles. The Kier molecular flexibility index (Phi) is 13.0. The van der Waals surface area contributed by atoms with Crippen LogP contribution in [0.3, 0.4) is 0 Å². The van der Waals surface area contributed by atoms with Gasteiger partial charge in [0.05, 0.1) is 0 Å². The van der Waals surface area contributed by atoms with Crippen molar-refractivity contribution < 1.29 is 36.9 Å². The summed E-state index contributed by atoms with van der Waals surface area (Å²) in [6.07, 6.45) is -0.224. The van der Waals surface area contributed by atoms with Crippen molar-refractivity contribution in [1.29, 1.82) is 0 Å². The molecule has 77 valence electrons. The summed E-state index contributed by atoms with van der Waals surface area (Å²) in [5, 5.41) is 16.3. The minimum atomic E-state index is -1.17. The Morgan fingerprint density at radius 1 is 1.33 bits per heavy atom. The fourth-order valence-electron chi connectivity index (χ4n) is 0.402. The smallest absolute Gasteiger partial charge is 0.320 e. The van der Waals surface area contributed by atoms with Crippen LogP contribution in [0.2, 0.25) is 0 Å². The zero-order chi connectivity index (χ0) is 8.15. The van der Waals surface area contributed by atoms with E-state index in [1.165, 1.54) is 0 Å². The van der Waals surface area contributed by atoms with E-state index in [0.29, 0.717) is 0 Å². The van der Waals surface area contributed by atoms with Gasteiger partial charge in [0.2, 0.25) is 0 Å². The summed E-state index contributed by atoms with van der Waals surface area (Å²) in [7, 11) is 0. The molecule has 7 heteroatoms. The SMILES string of the molecule is Cl.NC(CCC(=O)O)C(=O)O.[Cu]. The summed E-state index contributed by atoms with van der Waals surface area (Å²) in [5.41, 5.74) is 5.00. The summed E-state index contributed by atoms with van der Waals surface area (Å²) in [5.74, 6) is -2.20. The van der Waals surface area contributed by atoms with Crippen molar-refractivity contribution in [3.8, 4) is 0 Å². The van der Waals surface area contributed by atoms with Gasteiger partial charge in [-0.25, -0.2) is 0 Å². The van der Waals surface area contributed by atoms with Gasteiger partial charge in [0.15, 0.2) is 0 Å². The topological polar surface area (TPSA) is 101 Å². The van der Waals surface area contributed by atoms with Crippen LogP contribution >= 0.6 is 12.4 Å². The molecule has 1 radical (unpaired) electrons. The maximum Gasteiger partial charge on any atom is 0.320 e. The van der Waals surface area contributed by atoms with Gasteiger partial charge >= 0.3 is 11.9 Å². The van der Waals surface area contributed by atoms with Crippen molar-refractivity contribution >= 4 is 24.3 Å². The first-order valence-electron chi connectivity index (χ1n) is 2.74. The van der Waals surface area contributed by atoms with Crippen molar-refractivity contribution in [3.63, 3.8) is 0 Å². The van der Waals surface area contributed by atoms with Gasteiger partial charge in [-0.05, 0) is 6.42 Å². The number of carboxylic acid groups (broad SMARTS) is 2. The van der Waals surface area contributed by atoms with Crippen molar-refractivity contribution in [2.24, 2.45) is 5.73 Å². The third-order valence-electron chi connectivity index (χ3n) is 0.986. The largest absolute Gasteiger partial charge is 0.481 e. The van der Waals surface area contributed by atoms with Crippen molar-refractivity contribution in [2.45, 2.75) is 18.9 Å². The van der Waals surface area contributed by atoms with E-state index in [0.717, 1.165) is 0 Å². The molecule has 0 aromatic heterocycles. The summed E-state index contributed by atoms with van der Waals surface area (Å²) in [6.45, 7) is 0. The molecule has 0 saturated heterocycles. The first kappa shape index (κ1) is 17.7. The van der Waals surface area contributed by atoms with Crippen molar-refractivity contribution in [2.75, 3.05) is 0 Å². The summed E-state index contributed by atoms with van der Waals surface area (Å²) in [6, 6.07) is -1.06. The molecule has 0 aliphatic carbocycles. The van der Waals surface area contributed by atoms with E-state index in [1.807, 2.05) is 0 Å². The fraction of sp³-hybridized carbons (Fsp3) is 0.600. The van der Waals surface area contributed by atoms with Gasteiger partial charge in [0, 0.05) is 23.5 Å². The Labute approximate surface area is 86.2 Å². The molecule has 1 unspecified atom stereocenters. The third-order valence-corrected chi connectivity index (χ3v) is 0.986. The van der Waals surface area contributed by atoms with Crippen LogP contribution in [0.25, 0.3) is 0 Å². The molecular weight excluding hydrogens is 237 g/mol. The molecule has 0 saturated carbocycles. The second-order valence-corrected chi connectivity index (χ2v) is 1.88. The second kappa shape index (κ2) is 8.80. The van der Waals surface area contributed by atoms with Crippen LogP contribution in [0.1, 0.15) is 12.8 Å². The molecule has 12 heavy (non-hydrogen) atoms. The Morgan fingerprint density at radius 2 is 1.75 bits per heavy atom. The molecule has 0 rings (SSSR count). The van der Waals surface area contributed by atoms with E-state index in [4.69, 9.17) is 15.9 Å². The average Bonchev–Trinajstić information content (AvgIpc) is 1.82. The predicted octanol–water partition coefficient (Wildman–Crippen LogP) is -0.318. The molecular formula is C5H10ClCuNO4. The maximum atomic E-state index is 9.99. The summed E-state index contributed by atoms with van der Waals surface area (Å²) >= 11 is 0. The number of carboxylic acids is 2. The van der Waals surface area contributed by atoms with Gasteiger partial charge in [-0.1, -0.05) is 0 Å². The molecule has 0 aliphatic rings. The molecule has 0 aromatic rings. The molecule has 1 atom stereocenters. The van der Waals surface area contributed by atoms with Gasteiger partial charge in [-0.15, -0.1) is 12.4 Å². The van der Waals surface area contributed by atoms with E-state index < -0.39 is 18.0 Å². The minimum Gasteiger partial charge on any atom is -0.481 e. The Balaban J connectivity index is -0.000000405. The monoisotopic (exact) mass is 246 g/mol. The number of rotatable bonds is 4. The van der Waals surface area contributed by atoms with Crippen molar-refractivity contribution in [1.82, 2.24) is 0 Å². The van der Waals surface area contributed by atoms with Gasteiger partial charge in [-0.2, -0.15) is 0 Å². The zero-order valence-electron chi connectivity index (χ0n) is 5.99. The fourth-order valence-corrected chi connectivity index (χ4v) is 0.402.